The van der Waals surface area contributed by atoms with Crippen molar-refractivity contribution in [3.8, 4) is 0 Å². The molecule has 0 aliphatic heterocycles. The van der Waals surface area contributed by atoms with Crippen LogP contribution in [-0.2, 0) is 0 Å². The quantitative estimate of drug-likeness (QED) is 0.845. The van der Waals surface area contributed by atoms with E-state index in [1.807, 2.05) is 6.20 Å². The molecule has 1 fully saturated rings. The molecule has 1 heterocycles. The van der Waals surface area contributed by atoms with Crippen LogP contribution in [0.25, 0.3) is 10.9 Å². The third-order valence-electron chi connectivity index (χ3n) is 3.95. The molecule has 3 nitrogen and oxygen atoms in total. The summed E-state index contributed by atoms with van der Waals surface area (Å²) in [5.74, 6) is 0.911. The molecule has 1 aliphatic rings. The Bertz CT molecular complexity index is 503. The highest BCUT2D eigenvalue weighted by atomic mass is 15.1. The smallest absolute Gasteiger partial charge is 0.0881 e. The number of para-hydroxylation sites is 1. The Hall–Kier alpha value is -1.51. The molecule has 2 aromatic rings. The fraction of sp³-hybridized carbons (Fsp3) is 0.500. The summed E-state index contributed by atoms with van der Waals surface area (Å²) in [5, 5.41) is 12.0. The molecule has 3 rings (SSSR count). The first kappa shape index (κ1) is 10.6. The molecule has 0 amide bonds. The molecule has 0 radical (unpaired) electrons. The van der Waals surface area contributed by atoms with Gasteiger partial charge in [0.05, 0.1) is 17.4 Å². The van der Waals surface area contributed by atoms with Gasteiger partial charge >= 0.3 is 0 Å². The van der Waals surface area contributed by atoms with Crippen molar-refractivity contribution in [2.24, 2.45) is 5.92 Å². The molecular formula is C14H19N3. The minimum atomic E-state index is 0.633. The second kappa shape index (κ2) is 4.40. The van der Waals surface area contributed by atoms with Crippen molar-refractivity contribution >= 4 is 16.6 Å². The average molecular weight is 229 g/mol. The topological polar surface area (TPSA) is 40.7 Å². The number of nitrogens with zero attached hydrogens (tertiary/aromatic N) is 1. The van der Waals surface area contributed by atoms with E-state index in [4.69, 9.17) is 0 Å². The number of hydrogen-bond donors (Lipinski definition) is 2. The maximum atomic E-state index is 4.10. The van der Waals surface area contributed by atoms with Gasteiger partial charge in [0.25, 0.3) is 0 Å². The number of benzene rings is 1. The molecule has 17 heavy (non-hydrogen) atoms. The van der Waals surface area contributed by atoms with Crippen LogP contribution >= 0.6 is 0 Å². The number of rotatable bonds is 3. The molecule has 3 heteroatoms. The predicted molar refractivity (Wildman–Crippen MR) is 71.1 cm³/mol. The van der Waals surface area contributed by atoms with Gasteiger partial charge in [-0.15, -0.1) is 0 Å². The van der Waals surface area contributed by atoms with Gasteiger partial charge in [0, 0.05) is 11.4 Å². The summed E-state index contributed by atoms with van der Waals surface area (Å²) in [6.07, 6.45) is 7.16. The van der Waals surface area contributed by atoms with Crippen LogP contribution in [0.1, 0.15) is 32.6 Å². The number of aromatic nitrogens is 2. The van der Waals surface area contributed by atoms with Crippen LogP contribution in [0.3, 0.4) is 0 Å². The molecule has 2 N–H and O–H groups in total. The summed E-state index contributed by atoms with van der Waals surface area (Å²) in [5.41, 5.74) is 2.33. The zero-order valence-electron chi connectivity index (χ0n) is 10.2. The number of fused-ring (bicyclic) bond motifs is 1. The number of aromatic amines is 1. The Balaban J connectivity index is 1.79. The second-order valence-electron chi connectivity index (χ2n) is 5.07. The van der Waals surface area contributed by atoms with Gasteiger partial charge in [0.1, 0.15) is 0 Å². The van der Waals surface area contributed by atoms with Crippen molar-refractivity contribution < 1.29 is 0 Å². The first-order valence-electron chi connectivity index (χ1n) is 6.55. The van der Waals surface area contributed by atoms with Gasteiger partial charge in [0.2, 0.25) is 0 Å². The molecular weight excluding hydrogens is 210 g/mol. The van der Waals surface area contributed by atoms with Crippen molar-refractivity contribution in [2.75, 3.05) is 5.32 Å². The molecule has 0 spiro atoms. The summed E-state index contributed by atoms with van der Waals surface area (Å²) >= 11 is 0. The molecule has 1 aromatic heterocycles. The third-order valence-corrected chi connectivity index (χ3v) is 3.95. The van der Waals surface area contributed by atoms with Crippen molar-refractivity contribution in [3.63, 3.8) is 0 Å². The van der Waals surface area contributed by atoms with Gasteiger partial charge < -0.3 is 5.32 Å². The maximum Gasteiger partial charge on any atom is 0.0881 e. The monoisotopic (exact) mass is 229 g/mol. The van der Waals surface area contributed by atoms with Crippen LogP contribution in [0, 0.1) is 5.92 Å². The summed E-state index contributed by atoms with van der Waals surface area (Å²) in [7, 11) is 0. The van der Waals surface area contributed by atoms with Crippen LogP contribution in [0.5, 0.6) is 0 Å². The van der Waals surface area contributed by atoms with E-state index >= 15 is 0 Å². The standard InChI is InChI=1S/C14H19N3/c1-2-10-6-7-12(8-10)16-13-5-3-4-11-9-15-17-14(11)13/h3-5,9-10,12,16H,2,6-8H2,1H3,(H,15,17). The zero-order chi connectivity index (χ0) is 11.7. The Morgan fingerprint density at radius 2 is 2.35 bits per heavy atom. The highest BCUT2D eigenvalue weighted by molar-refractivity contribution is 5.89. The normalized spacial score (nSPS) is 24.3. The fourth-order valence-electron chi connectivity index (χ4n) is 2.89. The highest BCUT2D eigenvalue weighted by Gasteiger charge is 2.23. The fourth-order valence-corrected chi connectivity index (χ4v) is 2.89. The van der Waals surface area contributed by atoms with E-state index in [0.717, 1.165) is 11.4 Å². The van der Waals surface area contributed by atoms with E-state index in [2.05, 4.69) is 40.6 Å². The highest BCUT2D eigenvalue weighted by Crippen LogP contribution is 2.31. The van der Waals surface area contributed by atoms with E-state index in [0.29, 0.717) is 6.04 Å². The van der Waals surface area contributed by atoms with Crippen LogP contribution in [-0.4, -0.2) is 16.2 Å². The van der Waals surface area contributed by atoms with E-state index in [1.54, 1.807) is 0 Å². The Morgan fingerprint density at radius 3 is 3.18 bits per heavy atom. The lowest BCUT2D eigenvalue weighted by Crippen LogP contribution is -2.15. The molecule has 1 saturated carbocycles. The van der Waals surface area contributed by atoms with Crippen LogP contribution in [0.2, 0.25) is 0 Å². The average Bonchev–Trinajstić information content (AvgIpc) is 2.97. The van der Waals surface area contributed by atoms with E-state index in [-0.39, 0.29) is 0 Å². The van der Waals surface area contributed by atoms with Gasteiger partial charge in [-0.2, -0.15) is 5.10 Å². The number of nitrogens with one attached hydrogen (secondary N) is 2. The largest absolute Gasteiger partial charge is 0.381 e. The predicted octanol–water partition coefficient (Wildman–Crippen LogP) is 3.55. The summed E-state index contributed by atoms with van der Waals surface area (Å²) in [6.45, 7) is 2.29. The Kier molecular flexibility index (Phi) is 2.75. The minimum absolute atomic E-state index is 0.633. The minimum Gasteiger partial charge on any atom is -0.381 e. The summed E-state index contributed by atoms with van der Waals surface area (Å²) in [4.78, 5) is 0. The number of anilines is 1. The van der Waals surface area contributed by atoms with Gasteiger partial charge in [-0.3, -0.25) is 5.10 Å². The molecule has 1 aromatic carbocycles. The first-order chi connectivity index (χ1) is 8.36. The lowest BCUT2D eigenvalue weighted by molar-refractivity contribution is 0.525. The molecule has 2 unspecified atom stereocenters. The first-order valence-corrected chi connectivity index (χ1v) is 6.55. The summed E-state index contributed by atoms with van der Waals surface area (Å²) < 4.78 is 0. The molecule has 2 atom stereocenters. The molecule has 0 bridgehead atoms. The van der Waals surface area contributed by atoms with Crippen molar-refractivity contribution in [3.05, 3.63) is 24.4 Å². The van der Waals surface area contributed by atoms with Crippen molar-refractivity contribution in [1.29, 1.82) is 0 Å². The summed E-state index contributed by atoms with van der Waals surface area (Å²) in [6, 6.07) is 6.95. The number of H-pyrrole nitrogens is 1. The van der Waals surface area contributed by atoms with Crippen LogP contribution < -0.4 is 5.32 Å². The Morgan fingerprint density at radius 1 is 1.41 bits per heavy atom. The lowest BCUT2D eigenvalue weighted by atomic mass is 10.1. The van der Waals surface area contributed by atoms with Crippen molar-refractivity contribution in [1.82, 2.24) is 10.2 Å². The zero-order valence-corrected chi connectivity index (χ0v) is 10.2. The van der Waals surface area contributed by atoms with Gasteiger partial charge in [0.15, 0.2) is 0 Å². The SMILES string of the molecule is CCC1CCC(Nc2cccc3cn[nH]c23)C1. The van der Waals surface area contributed by atoms with Gasteiger partial charge in [-0.25, -0.2) is 0 Å². The van der Waals surface area contributed by atoms with Crippen molar-refractivity contribution in [2.45, 2.75) is 38.6 Å². The molecule has 0 saturated heterocycles. The second-order valence-corrected chi connectivity index (χ2v) is 5.07. The Labute approximate surface area is 102 Å². The van der Waals surface area contributed by atoms with Gasteiger partial charge in [-0.05, 0) is 31.2 Å². The maximum absolute atomic E-state index is 4.10. The van der Waals surface area contributed by atoms with E-state index < -0.39 is 0 Å². The van der Waals surface area contributed by atoms with E-state index in [1.165, 1.54) is 36.8 Å². The third kappa shape index (κ3) is 2.02. The van der Waals surface area contributed by atoms with Crippen LogP contribution in [0.15, 0.2) is 24.4 Å². The van der Waals surface area contributed by atoms with Gasteiger partial charge in [-0.1, -0.05) is 25.5 Å². The lowest BCUT2D eigenvalue weighted by Gasteiger charge is -2.14. The number of hydrogen-bond acceptors (Lipinski definition) is 2. The molecule has 1 aliphatic carbocycles. The van der Waals surface area contributed by atoms with Crippen LogP contribution in [0.4, 0.5) is 5.69 Å². The molecule has 90 valence electrons. The van der Waals surface area contributed by atoms with E-state index in [9.17, 15) is 0 Å².